The monoisotopic (exact) mass is 392 g/mol. The zero-order valence-corrected chi connectivity index (χ0v) is 17.0. The highest BCUT2D eigenvalue weighted by Gasteiger charge is 2.61. The van der Waals surface area contributed by atoms with Crippen molar-refractivity contribution >= 4 is 16.7 Å². The second-order valence-corrected chi connectivity index (χ2v) is 8.52. The van der Waals surface area contributed by atoms with Crippen molar-refractivity contribution in [2.75, 3.05) is 0 Å². The molecule has 3 aromatic carbocycles. The number of hydrogen-bond donors (Lipinski definition) is 1. The second kappa shape index (κ2) is 7.15. The van der Waals surface area contributed by atoms with Gasteiger partial charge in [-0.2, -0.15) is 5.26 Å². The molecular formula is C27H24N2O. The molecule has 3 heteroatoms. The molecular weight excluding hydrogens is 368 g/mol. The summed E-state index contributed by atoms with van der Waals surface area (Å²) in [6, 6.07) is 26.7. The van der Waals surface area contributed by atoms with Crippen molar-refractivity contribution < 1.29 is 4.79 Å². The Kier molecular flexibility index (Phi) is 4.44. The van der Waals surface area contributed by atoms with Crippen molar-refractivity contribution in [1.82, 2.24) is 5.32 Å². The molecule has 30 heavy (non-hydrogen) atoms. The third-order valence-electron chi connectivity index (χ3n) is 6.98. The highest BCUT2D eigenvalue weighted by Crippen LogP contribution is 2.60. The van der Waals surface area contributed by atoms with Gasteiger partial charge in [-0.25, -0.2) is 0 Å². The minimum atomic E-state index is -1.07. The molecule has 0 unspecified atom stereocenters. The maximum absolute atomic E-state index is 13.7. The second-order valence-electron chi connectivity index (χ2n) is 8.52. The van der Waals surface area contributed by atoms with Crippen LogP contribution in [0, 0.1) is 28.6 Å². The van der Waals surface area contributed by atoms with Crippen LogP contribution in [0.15, 0.2) is 84.9 Å². The Bertz CT molecular complexity index is 1170. The first kappa shape index (κ1) is 18.6. The predicted octanol–water partition coefficient (Wildman–Crippen LogP) is 5.52. The number of rotatable bonds is 4. The van der Waals surface area contributed by atoms with Crippen LogP contribution in [-0.4, -0.2) is 5.91 Å². The van der Waals surface area contributed by atoms with E-state index < -0.39 is 5.41 Å². The van der Waals surface area contributed by atoms with Crippen molar-refractivity contribution in [3.63, 3.8) is 0 Å². The lowest BCUT2D eigenvalue weighted by Gasteiger charge is -2.36. The third-order valence-corrected chi connectivity index (χ3v) is 6.98. The van der Waals surface area contributed by atoms with E-state index in [9.17, 15) is 10.1 Å². The first-order chi connectivity index (χ1) is 14.6. The number of amides is 1. The van der Waals surface area contributed by atoms with Crippen LogP contribution in [0.25, 0.3) is 10.8 Å². The Labute approximate surface area is 177 Å². The summed E-state index contributed by atoms with van der Waals surface area (Å²) in [4.78, 5) is 13.7. The average Bonchev–Trinajstić information content (AvgIpc) is 3.39. The average molecular weight is 393 g/mol. The molecule has 148 valence electrons. The number of nitrogens with one attached hydrogen (secondary N) is 1. The smallest absolute Gasteiger partial charge is 0.242 e. The highest BCUT2D eigenvalue weighted by atomic mass is 16.2. The lowest BCUT2D eigenvalue weighted by Crippen LogP contribution is -2.47. The summed E-state index contributed by atoms with van der Waals surface area (Å²) in [7, 11) is 0. The fraction of sp³-hybridized carbons (Fsp3) is 0.259. The van der Waals surface area contributed by atoms with Crippen molar-refractivity contribution in [2.24, 2.45) is 17.3 Å². The number of hydrogen-bond acceptors (Lipinski definition) is 2. The van der Waals surface area contributed by atoms with Crippen LogP contribution in [-0.2, 0) is 4.79 Å². The van der Waals surface area contributed by atoms with Gasteiger partial charge >= 0.3 is 0 Å². The highest BCUT2D eigenvalue weighted by molar-refractivity contribution is 5.90. The molecule has 5 rings (SSSR count). The third kappa shape index (κ3) is 2.68. The minimum Gasteiger partial charge on any atom is -0.348 e. The topological polar surface area (TPSA) is 52.9 Å². The lowest BCUT2D eigenvalue weighted by atomic mass is 9.66. The Hall–Kier alpha value is -3.38. The van der Waals surface area contributed by atoms with Crippen molar-refractivity contribution in [3.05, 3.63) is 96.1 Å². The maximum Gasteiger partial charge on any atom is 0.242 e. The van der Waals surface area contributed by atoms with Gasteiger partial charge < -0.3 is 5.32 Å². The molecule has 3 nitrogen and oxygen atoms in total. The van der Waals surface area contributed by atoms with Gasteiger partial charge in [0.25, 0.3) is 0 Å². The molecule has 0 aromatic heterocycles. The Balaban J connectivity index is 1.51. The van der Waals surface area contributed by atoms with Gasteiger partial charge in [-0.1, -0.05) is 84.9 Å². The fourth-order valence-electron chi connectivity index (χ4n) is 5.59. The Morgan fingerprint density at radius 2 is 1.77 bits per heavy atom. The minimum absolute atomic E-state index is 0.0441. The molecule has 0 spiro atoms. The van der Waals surface area contributed by atoms with Gasteiger partial charge in [0.05, 0.1) is 12.1 Å². The molecule has 2 bridgehead atoms. The standard InChI is InChI=1S/C27H24N2O/c1-18(23-13-7-11-19-8-5-6-12-24(19)23)29-26(30)27(17-28)22-15-14-21(16-22)25(27)20-9-3-2-4-10-20/h2-15,18,21-22,25H,16H2,1H3,(H,29,30)/t18-,21-,22+,25-,27-/m0/s1. The van der Waals surface area contributed by atoms with Crippen LogP contribution in [0.5, 0.6) is 0 Å². The van der Waals surface area contributed by atoms with Crippen LogP contribution in [0.4, 0.5) is 0 Å². The van der Waals surface area contributed by atoms with E-state index in [1.807, 2.05) is 55.5 Å². The van der Waals surface area contributed by atoms with Crippen LogP contribution in [0.2, 0.25) is 0 Å². The molecule has 0 aliphatic heterocycles. The molecule has 0 saturated heterocycles. The summed E-state index contributed by atoms with van der Waals surface area (Å²) < 4.78 is 0. The van der Waals surface area contributed by atoms with Crippen LogP contribution in [0.3, 0.4) is 0 Å². The van der Waals surface area contributed by atoms with E-state index in [-0.39, 0.29) is 29.7 Å². The molecule has 3 aromatic rings. The summed E-state index contributed by atoms with van der Waals surface area (Å²) in [6.07, 6.45) is 5.14. The van der Waals surface area contributed by atoms with E-state index in [0.717, 1.165) is 28.3 Å². The SMILES string of the molecule is C[C@H](NC(=O)[C@@]1(C#N)[C@@H]2C=C[C@@H](C2)[C@@H]1c1ccccc1)c1cccc2ccccc12. The van der Waals surface area contributed by atoms with Gasteiger partial charge in [0.15, 0.2) is 0 Å². The molecule has 1 fully saturated rings. The lowest BCUT2D eigenvalue weighted by molar-refractivity contribution is -0.130. The Morgan fingerprint density at radius 3 is 2.57 bits per heavy atom. The summed E-state index contributed by atoms with van der Waals surface area (Å²) in [5.41, 5.74) is 1.08. The molecule has 1 saturated carbocycles. The molecule has 1 amide bonds. The number of fused-ring (bicyclic) bond motifs is 3. The number of allylic oxidation sites excluding steroid dienone is 2. The molecule has 0 heterocycles. The normalized spacial score (nSPS) is 27.7. The largest absolute Gasteiger partial charge is 0.348 e. The van der Waals surface area contributed by atoms with Gasteiger partial charge in [-0.05, 0) is 41.2 Å². The zero-order chi connectivity index (χ0) is 20.7. The van der Waals surface area contributed by atoms with Gasteiger partial charge in [-0.3, -0.25) is 4.79 Å². The maximum atomic E-state index is 13.7. The molecule has 1 N–H and O–H groups in total. The van der Waals surface area contributed by atoms with Gasteiger partial charge in [0.2, 0.25) is 5.91 Å². The van der Waals surface area contributed by atoms with Gasteiger partial charge in [0, 0.05) is 11.8 Å². The van der Waals surface area contributed by atoms with E-state index >= 15 is 0 Å². The summed E-state index contributed by atoms with van der Waals surface area (Å²) in [5, 5.41) is 15.8. The van der Waals surface area contributed by atoms with Gasteiger partial charge in [-0.15, -0.1) is 0 Å². The quantitative estimate of drug-likeness (QED) is 0.595. The number of carbonyl (C=O) groups is 1. The molecule has 0 radical (unpaired) electrons. The van der Waals surface area contributed by atoms with Crippen molar-refractivity contribution in [1.29, 1.82) is 5.26 Å². The fourth-order valence-corrected chi connectivity index (χ4v) is 5.59. The van der Waals surface area contributed by atoms with Crippen LogP contribution in [0.1, 0.15) is 36.4 Å². The Morgan fingerprint density at radius 1 is 1.03 bits per heavy atom. The predicted molar refractivity (Wildman–Crippen MR) is 118 cm³/mol. The van der Waals surface area contributed by atoms with Crippen molar-refractivity contribution in [3.8, 4) is 6.07 Å². The zero-order valence-electron chi connectivity index (χ0n) is 17.0. The number of nitrogens with zero attached hydrogens (tertiary/aromatic N) is 1. The number of nitriles is 1. The summed E-state index contributed by atoms with van der Waals surface area (Å²) in [6.45, 7) is 2.01. The van der Waals surface area contributed by atoms with Crippen LogP contribution < -0.4 is 5.32 Å². The van der Waals surface area contributed by atoms with Gasteiger partial charge in [0.1, 0.15) is 5.41 Å². The molecule has 2 aliphatic rings. The van der Waals surface area contributed by atoms with E-state index in [1.165, 1.54) is 0 Å². The van der Waals surface area contributed by atoms with Crippen LogP contribution >= 0.6 is 0 Å². The summed E-state index contributed by atoms with van der Waals surface area (Å²) >= 11 is 0. The summed E-state index contributed by atoms with van der Waals surface area (Å²) in [5.74, 6) is -0.0809. The molecule has 2 aliphatic carbocycles. The number of carbonyl (C=O) groups excluding carboxylic acids is 1. The van der Waals surface area contributed by atoms with E-state index in [2.05, 4.69) is 47.8 Å². The van der Waals surface area contributed by atoms with Crippen molar-refractivity contribution in [2.45, 2.75) is 25.3 Å². The number of benzene rings is 3. The van der Waals surface area contributed by atoms with E-state index in [4.69, 9.17) is 0 Å². The van der Waals surface area contributed by atoms with E-state index in [1.54, 1.807) is 0 Å². The molecule has 5 atom stereocenters. The first-order valence-corrected chi connectivity index (χ1v) is 10.6. The first-order valence-electron chi connectivity index (χ1n) is 10.6. The van der Waals surface area contributed by atoms with E-state index in [0.29, 0.717) is 0 Å².